The van der Waals surface area contributed by atoms with Gasteiger partial charge in [0.1, 0.15) is 0 Å². The lowest BCUT2D eigenvalue weighted by Gasteiger charge is -2.29. The summed E-state index contributed by atoms with van der Waals surface area (Å²) in [5.41, 5.74) is 0.779. The van der Waals surface area contributed by atoms with Crippen LogP contribution in [0.2, 0.25) is 0 Å². The van der Waals surface area contributed by atoms with E-state index < -0.39 is 0 Å². The molecule has 1 fully saturated rings. The van der Waals surface area contributed by atoms with Gasteiger partial charge in [0.05, 0.1) is 14.6 Å². The van der Waals surface area contributed by atoms with Crippen LogP contribution in [0.4, 0.5) is 0 Å². The van der Waals surface area contributed by atoms with Crippen molar-refractivity contribution in [3.05, 3.63) is 19.9 Å². The van der Waals surface area contributed by atoms with Gasteiger partial charge in [-0.1, -0.05) is 0 Å². The van der Waals surface area contributed by atoms with Crippen LogP contribution in [-0.4, -0.2) is 35.1 Å². The molecule has 1 aliphatic rings. The zero-order chi connectivity index (χ0) is 10.8. The zero-order valence-corrected chi connectivity index (χ0v) is 11.1. The lowest BCUT2D eigenvalue weighted by Crippen LogP contribution is -2.39. The van der Waals surface area contributed by atoms with Crippen LogP contribution >= 0.6 is 33.9 Å². The minimum atomic E-state index is -0.225. The highest BCUT2D eigenvalue weighted by Gasteiger charge is 2.22. The summed E-state index contributed by atoms with van der Waals surface area (Å²) in [4.78, 5) is 13.8. The number of rotatable bonds is 1. The molecule has 0 atom stereocenters. The second-order valence-electron chi connectivity index (χ2n) is 3.66. The maximum Gasteiger partial charge on any atom is 0.254 e. The third-order valence-electron chi connectivity index (χ3n) is 2.57. The Hall–Kier alpha value is -0.140. The number of carbonyl (C=O) groups excluding carboxylic acids is 1. The average Bonchev–Trinajstić information content (AvgIpc) is 2.65. The number of amides is 1. The maximum atomic E-state index is 12.0. The summed E-state index contributed by atoms with van der Waals surface area (Å²) < 4.78 is 1.13. The zero-order valence-electron chi connectivity index (χ0n) is 8.15. The van der Waals surface area contributed by atoms with E-state index in [1.165, 1.54) is 0 Å². The van der Waals surface area contributed by atoms with Crippen LogP contribution in [0.15, 0.2) is 11.4 Å². The van der Waals surface area contributed by atoms with Crippen molar-refractivity contribution in [2.24, 2.45) is 0 Å². The molecule has 3 nitrogen and oxygen atoms in total. The fourth-order valence-corrected chi connectivity index (χ4v) is 2.99. The van der Waals surface area contributed by atoms with Crippen LogP contribution in [0.1, 0.15) is 23.2 Å². The van der Waals surface area contributed by atoms with Gasteiger partial charge in [0, 0.05) is 18.5 Å². The quantitative estimate of drug-likeness (QED) is 0.796. The van der Waals surface area contributed by atoms with Crippen molar-refractivity contribution in [1.82, 2.24) is 4.90 Å². The fourth-order valence-electron chi connectivity index (χ4n) is 1.67. The molecule has 1 aromatic rings. The van der Waals surface area contributed by atoms with E-state index in [0.29, 0.717) is 25.9 Å². The summed E-state index contributed by atoms with van der Waals surface area (Å²) in [6.07, 6.45) is 1.18. The molecule has 1 aromatic heterocycles. The molecule has 1 amide bonds. The normalized spacial score (nSPS) is 18.1. The van der Waals surface area contributed by atoms with Gasteiger partial charge in [-0.3, -0.25) is 4.79 Å². The average molecular weight is 337 g/mol. The molecule has 2 heterocycles. The van der Waals surface area contributed by atoms with E-state index in [4.69, 9.17) is 0 Å². The van der Waals surface area contributed by atoms with Crippen molar-refractivity contribution in [3.8, 4) is 0 Å². The van der Waals surface area contributed by atoms with Crippen molar-refractivity contribution in [3.63, 3.8) is 0 Å². The molecule has 0 aromatic carbocycles. The number of hydrogen-bond donors (Lipinski definition) is 1. The number of aliphatic hydroxyl groups excluding tert-OH is 1. The molecule has 15 heavy (non-hydrogen) atoms. The number of nitrogens with zero attached hydrogens (tertiary/aromatic N) is 1. The fraction of sp³-hybridized carbons (Fsp3) is 0.500. The van der Waals surface area contributed by atoms with E-state index in [1.807, 2.05) is 16.3 Å². The van der Waals surface area contributed by atoms with Crippen LogP contribution in [0.3, 0.4) is 0 Å². The van der Waals surface area contributed by atoms with Gasteiger partial charge in [-0.15, -0.1) is 11.3 Å². The Labute approximate surface area is 106 Å². The van der Waals surface area contributed by atoms with Gasteiger partial charge in [0.15, 0.2) is 0 Å². The molecule has 1 N–H and O–H groups in total. The lowest BCUT2D eigenvalue weighted by atomic mass is 10.1. The van der Waals surface area contributed by atoms with Crippen LogP contribution in [0.5, 0.6) is 0 Å². The summed E-state index contributed by atoms with van der Waals surface area (Å²) >= 11 is 3.80. The molecule has 5 heteroatoms. The molecule has 0 saturated carbocycles. The smallest absolute Gasteiger partial charge is 0.254 e. The number of carbonyl (C=O) groups is 1. The summed E-state index contributed by atoms with van der Waals surface area (Å²) in [6, 6.07) is 1.92. The number of piperidine rings is 1. The minimum Gasteiger partial charge on any atom is -0.393 e. The Morgan fingerprint density at radius 1 is 1.53 bits per heavy atom. The number of thiophene rings is 1. The highest BCUT2D eigenvalue weighted by molar-refractivity contribution is 14.1. The molecule has 0 unspecified atom stereocenters. The molecular weight excluding hydrogens is 325 g/mol. The second kappa shape index (κ2) is 4.80. The second-order valence-corrected chi connectivity index (χ2v) is 6.47. The summed E-state index contributed by atoms with van der Waals surface area (Å²) in [6.45, 7) is 1.35. The molecular formula is C10H12INO2S. The first-order valence-electron chi connectivity index (χ1n) is 4.88. The van der Waals surface area contributed by atoms with Crippen molar-refractivity contribution in [2.75, 3.05) is 13.1 Å². The van der Waals surface area contributed by atoms with Crippen molar-refractivity contribution in [1.29, 1.82) is 0 Å². The first-order valence-corrected chi connectivity index (χ1v) is 6.84. The van der Waals surface area contributed by atoms with Crippen molar-refractivity contribution in [2.45, 2.75) is 18.9 Å². The molecule has 2 rings (SSSR count). The monoisotopic (exact) mass is 337 g/mol. The maximum absolute atomic E-state index is 12.0. The number of hydrogen-bond acceptors (Lipinski definition) is 3. The Morgan fingerprint density at radius 3 is 2.73 bits per heavy atom. The van der Waals surface area contributed by atoms with E-state index in [1.54, 1.807) is 11.3 Å². The van der Waals surface area contributed by atoms with E-state index in [2.05, 4.69) is 22.6 Å². The van der Waals surface area contributed by atoms with Gasteiger partial charge < -0.3 is 10.0 Å². The van der Waals surface area contributed by atoms with Crippen LogP contribution in [-0.2, 0) is 0 Å². The summed E-state index contributed by atoms with van der Waals surface area (Å²) in [7, 11) is 0. The predicted octanol–water partition coefficient (Wildman–Crippen LogP) is 1.95. The summed E-state index contributed by atoms with van der Waals surface area (Å²) in [5.74, 6) is 0.0982. The standard InChI is InChI=1S/C10H12INO2S/c11-9-5-7(6-15-9)10(14)12-3-1-8(13)2-4-12/h5-6,8,13H,1-4H2. The molecule has 0 aliphatic carbocycles. The minimum absolute atomic E-state index is 0.0982. The Morgan fingerprint density at radius 2 is 2.20 bits per heavy atom. The Balaban J connectivity index is 2.02. The first kappa shape index (κ1) is 11.3. The predicted molar refractivity (Wildman–Crippen MR) is 68.2 cm³/mol. The van der Waals surface area contributed by atoms with Gasteiger partial charge in [0.2, 0.25) is 0 Å². The number of aliphatic hydroxyl groups is 1. The van der Waals surface area contributed by atoms with Gasteiger partial charge in [-0.05, 0) is 41.5 Å². The molecule has 0 spiro atoms. The van der Waals surface area contributed by atoms with Crippen molar-refractivity contribution >= 4 is 39.8 Å². The highest BCUT2D eigenvalue weighted by atomic mass is 127. The van der Waals surface area contributed by atoms with Crippen molar-refractivity contribution < 1.29 is 9.90 Å². The molecule has 0 bridgehead atoms. The van der Waals surface area contributed by atoms with E-state index >= 15 is 0 Å². The lowest BCUT2D eigenvalue weighted by molar-refractivity contribution is 0.0547. The topological polar surface area (TPSA) is 40.5 Å². The number of halogens is 1. The molecule has 1 aliphatic heterocycles. The van der Waals surface area contributed by atoms with Crippen LogP contribution in [0.25, 0.3) is 0 Å². The SMILES string of the molecule is O=C(c1csc(I)c1)N1CCC(O)CC1. The van der Waals surface area contributed by atoms with Gasteiger partial charge in [0.25, 0.3) is 5.91 Å². The van der Waals surface area contributed by atoms with E-state index in [9.17, 15) is 9.90 Å². The first-order chi connectivity index (χ1) is 7.16. The van der Waals surface area contributed by atoms with E-state index in [0.717, 1.165) is 8.45 Å². The van der Waals surface area contributed by atoms with E-state index in [-0.39, 0.29) is 12.0 Å². The summed E-state index contributed by atoms with van der Waals surface area (Å²) in [5, 5.41) is 11.2. The third kappa shape index (κ3) is 2.70. The van der Waals surface area contributed by atoms with Crippen LogP contribution < -0.4 is 0 Å². The van der Waals surface area contributed by atoms with Gasteiger partial charge in [-0.2, -0.15) is 0 Å². The highest BCUT2D eigenvalue weighted by Crippen LogP contribution is 2.20. The largest absolute Gasteiger partial charge is 0.393 e. The third-order valence-corrected chi connectivity index (χ3v) is 4.36. The molecule has 0 radical (unpaired) electrons. The Bertz CT molecular complexity index is 358. The van der Waals surface area contributed by atoms with Gasteiger partial charge in [-0.25, -0.2) is 0 Å². The van der Waals surface area contributed by atoms with Gasteiger partial charge >= 0.3 is 0 Å². The molecule has 82 valence electrons. The molecule has 1 saturated heterocycles. The van der Waals surface area contributed by atoms with Crippen LogP contribution in [0, 0.1) is 2.88 Å². The Kier molecular flexibility index (Phi) is 3.63. The number of likely N-dealkylation sites (tertiary alicyclic amines) is 1.